The number of methoxy groups -OCH3 is 1. The van der Waals surface area contributed by atoms with Gasteiger partial charge in [-0.15, -0.1) is 12.8 Å². The van der Waals surface area contributed by atoms with Crippen molar-refractivity contribution in [2.75, 3.05) is 14.2 Å². The molecule has 3 rings (SSSR count). The van der Waals surface area contributed by atoms with E-state index in [0.717, 1.165) is 10.5 Å². The quantitative estimate of drug-likeness (QED) is 0.437. The fraction of sp³-hybridized carbons (Fsp3) is 0.381. The Morgan fingerprint density at radius 2 is 1.63 bits per heavy atom. The SMILES string of the molecule is C#C[C@@H]1[C@@H]2C(=O)N(C)C(=O)[C@@H]2[C@@H](C#C)N1[C@@H](Cc1ccccc1)C(=O)OC. The minimum Gasteiger partial charge on any atom is -0.468 e. The minimum absolute atomic E-state index is 0.307. The van der Waals surface area contributed by atoms with Crippen LogP contribution in [0.2, 0.25) is 0 Å². The number of fused-ring (bicyclic) bond motifs is 1. The lowest BCUT2D eigenvalue weighted by atomic mass is 9.90. The second-order valence-corrected chi connectivity index (χ2v) is 6.69. The van der Waals surface area contributed by atoms with E-state index >= 15 is 0 Å². The van der Waals surface area contributed by atoms with Crippen molar-refractivity contribution in [3.8, 4) is 24.7 Å². The van der Waals surface area contributed by atoms with E-state index in [0.29, 0.717) is 6.42 Å². The molecule has 2 heterocycles. The number of likely N-dealkylation sites (tertiary alicyclic amines) is 2. The molecule has 0 radical (unpaired) electrons. The summed E-state index contributed by atoms with van der Waals surface area (Å²) in [7, 11) is 2.72. The summed E-state index contributed by atoms with van der Waals surface area (Å²) >= 11 is 0. The second-order valence-electron chi connectivity index (χ2n) is 6.69. The van der Waals surface area contributed by atoms with Gasteiger partial charge >= 0.3 is 5.97 Å². The molecule has 0 N–H and O–H groups in total. The van der Waals surface area contributed by atoms with E-state index in [9.17, 15) is 14.4 Å². The Hall–Kier alpha value is -3.09. The van der Waals surface area contributed by atoms with Crippen LogP contribution in [0.4, 0.5) is 0 Å². The molecule has 138 valence electrons. The zero-order valence-electron chi connectivity index (χ0n) is 15.2. The van der Waals surface area contributed by atoms with Crippen LogP contribution in [0, 0.1) is 36.5 Å². The van der Waals surface area contributed by atoms with Gasteiger partial charge in [-0.1, -0.05) is 42.2 Å². The Morgan fingerprint density at radius 3 is 2.07 bits per heavy atom. The summed E-state index contributed by atoms with van der Waals surface area (Å²) in [6.45, 7) is 0. The van der Waals surface area contributed by atoms with Gasteiger partial charge in [-0.25, -0.2) is 0 Å². The zero-order chi connectivity index (χ0) is 19.7. The number of terminal acetylenes is 2. The van der Waals surface area contributed by atoms with Crippen molar-refractivity contribution in [2.24, 2.45) is 11.8 Å². The van der Waals surface area contributed by atoms with Gasteiger partial charge in [-0.2, -0.15) is 0 Å². The highest BCUT2D eigenvalue weighted by atomic mass is 16.5. The first kappa shape index (κ1) is 18.7. The normalized spacial score (nSPS) is 28.4. The number of carbonyl (C=O) groups is 3. The molecule has 2 amide bonds. The summed E-state index contributed by atoms with van der Waals surface area (Å²) in [6, 6.07) is 7.05. The van der Waals surface area contributed by atoms with Gasteiger partial charge in [0, 0.05) is 7.05 Å². The molecule has 2 saturated heterocycles. The smallest absolute Gasteiger partial charge is 0.323 e. The minimum atomic E-state index is -0.795. The van der Waals surface area contributed by atoms with Crippen molar-refractivity contribution >= 4 is 17.8 Å². The number of benzene rings is 1. The lowest BCUT2D eigenvalue weighted by Gasteiger charge is -2.33. The fourth-order valence-electron chi connectivity index (χ4n) is 4.12. The molecule has 2 aliphatic heterocycles. The van der Waals surface area contributed by atoms with E-state index in [1.807, 2.05) is 30.3 Å². The third-order valence-corrected chi connectivity index (χ3v) is 5.39. The molecule has 0 unspecified atom stereocenters. The standard InChI is InChI=1S/C21H20N2O4/c1-5-14-17-18(20(25)22(3)19(17)24)15(6-2)23(14)16(21(26)27-4)12-13-10-8-7-9-11-13/h1-2,7-11,14-18H,12H2,3-4H3/t14-,15-,16+,17-,18+/m1/s1. The lowest BCUT2D eigenvalue weighted by Crippen LogP contribution is -2.52. The maximum atomic E-state index is 12.6. The molecule has 6 nitrogen and oxygen atoms in total. The van der Waals surface area contributed by atoms with Gasteiger partial charge in [0.15, 0.2) is 0 Å². The third-order valence-electron chi connectivity index (χ3n) is 5.39. The maximum Gasteiger partial charge on any atom is 0.323 e. The van der Waals surface area contributed by atoms with Crippen LogP contribution in [0.5, 0.6) is 0 Å². The molecule has 0 bridgehead atoms. The molecule has 2 fully saturated rings. The Morgan fingerprint density at radius 1 is 1.11 bits per heavy atom. The summed E-state index contributed by atoms with van der Waals surface area (Å²) < 4.78 is 4.98. The van der Waals surface area contributed by atoms with Crippen molar-refractivity contribution in [1.29, 1.82) is 0 Å². The third kappa shape index (κ3) is 2.89. The first-order chi connectivity index (χ1) is 13.0. The van der Waals surface area contributed by atoms with Gasteiger partial charge < -0.3 is 4.74 Å². The number of hydrogen-bond acceptors (Lipinski definition) is 5. The summed E-state index contributed by atoms with van der Waals surface area (Å²) in [5.41, 5.74) is 0.895. The van der Waals surface area contributed by atoms with E-state index in [-0.39, 0.29) is 11.8 Å². The largest absolute Gasteiger partial charge is 0.468 e. The van der Waals surface area contributed by atoms with E-state index < -0.39 is 35.9 Å². The van der Waals surface area contributed by atoms with Crippen LogP contribution in [-0.2, 0) is 25.5 Å². The average molecular weight is 364 g/mol. The molecule has 2 aliphatic rings. The fourth-order valence-corrected chi connectivity index (χ4v) is 4.12. The monoisotopic (exact) mass is 364 g/mol. The van der Waals surface area contributed by atoms with Crippen molar-refractivity contribution in [1.82, 2.24) is 9.80 Å². The number of amides is 2. The van der Waals surface area contributed by atoms with Crippen LogP contribution in [0.25, 0.3) is 0 Å². The summed E-state index contributed by atoms with van der Waals surface area (Å²) in [5, 5.41) is 0. The molecule has 0 aliphatic carbocycles. The van der Waals surface area contributed by atoms with Gasteiger partial charge in [-0.3, -0.25) is 24.2 Å². The number of imide groups is 1. The molecule has 0 saturated carbocycles. The van der Waals surface area contributed by atoms with Crippen LogP contribution in [0.1, 0.15) is 5.56 Å². The number of hydrogen-bond donors (Lipinski definition) is 0. The molecular formula is C21H20N2O4. The summed E-state index contributed by atoms with van der Waals surface area (Å²) in [4.78, 5) is 40.5. The molecule has 27 heavy (non-hydrogen) atoms. The van der Waals surface area contributed by atoms with Crippen LogP contribution in [-0.4, -0.2) is 59.9 Å². The van der Waals surface area contributed by atoms with E-state index in [2.05, 4.69) is 11.8 Å². The first-order valence-electron chi connectivity index (χ1n) is 8.59. The number of nitrogens with zero attached hydrogens (tertiary/aromatic N) is 2. The Balaban J connectivity index is 2.04. The molecule has 5 atom stereocenters. The highest BCUT2D eigenvalue weighted by Gasteiger charge is 2.62. The van der Waals surface area contributed by atoms with Crippen LogP contribution < -0.4 is 0 Å². The van der Waals surface area contributed by atoms with Crippen LogP contribution >= 0.6 is 0 Å². The van der Waals surface area contributed by atoms with Gasteiger partial charge in [0.1, 0.15) is 6.04 Å². The number of esters is 1. The molecular weight excluding hydrogens is 344 g/mol. The predicted octanol–water partition coefficient (Wildman–Crippen LogP) is 0.321. The van der Waals surface area contributed by atoms with E-state index in [4.69, 9.17) is 17.6 Å². The van der Waals surface area contributed by atoms with Crippen molar-refractivity contribution in [2.45, 2.75) is 24.5 Å². The number of rotatable bonds is 4. The van der Waals surface area contributed by atoms with Crippen molar-refractivity contribution < 1.29 is 19.1 Å². The first-order valence-corrected chi connectivity index (χ1v) is 8.59. The number of ether oxygens (including phenoxy) is 1. The zero-order valence-corrected chi connectivity index (χ0v) is 15.2. The lowest BCUT2D eigenvalue weighted by molar-refractivity contribution is -0.149. The second kappa shape index (κ2) is 7.26. The molecule has 0 aromatic heterocycles. The Kier molecular flexibility index (Phi) is 5.03. The Labute approximate surface area is 158 Å². The van der Waals surface area contributed by atoms with Gasteiger partial charge in [0.2, 0.25) is 11.8 Å². The predicted molar refractivity (Wildman–Crippen MR) is 97.8 cm³/mol. The van der Waals surface area contributed by atoms with Crippen LogP contribution in [0.3, 0.4) is 0 Å². The van der Waals surface area contributed by atoms with Gasteiger partial charge in [0.05, 0.1) is 31.0 Å². The Bertz CT molecular complexity index is 811. The summed E-state index contributed by atoms with van der Waals surface area (Å²) in [6.07, 6.45) is 11.8. The summed E-state index contributed by atoms with van der Waals surface area (Å²) in [5.74, 6) is 2.44. The average Bonchev–Trinajstić information content (AvgIpc) is 3.14. The topological polar surface area (TPSA) is 66.9 Å². The van der Waals surface area contributed by atoms with Crippen molar-refractivity contribution in [3.63, 3.8) is 0 Å². The van der Waals surface area contributed by atoms with E-state index in [1.165, 1.54) is 14.2 Å². The molecule has 1 aromatic rings. The van der Waals surface area contributed by atoms with E-state index in [1.54, 1.807) is 4.90 Å². The molecule has 6 heteroatoms. The highest BCUT2D eigenvalue weighted by molar-refractivity contribution is 6.06. The maximum absolute atomic E-state index is 12.6. The molecule has 0 spiro atoms. The van der Waals surface area contributed by atoms with Crippen LogP contribution in [0.15, 0.2) is 30.3 Å². The number of carbonyl (C=O) groups excluding carboxylic acids is 3. The highest BCUT2D eigenvalue weighted by Crippen LogP contribution is 2.43. The van der Waals surface area contributed by atoms with Crippen molar-refractivity contribution in [3.05, 3.63) is 35.9 Å². The molecule has 1 aromatic carbocycles. The van der Waals surface area contributed by atoms with Gasteiger partial charge in [-0.05, 0) is 12.0 Å². The van der Waals surface area contributed by atoms with Gasteiger partial charge in [0.25, 0.3) is 0 Å².